The first-order valence-electron chi connectivity index (χ1n) is 10.1. The number of carbonyl (C=O) groups is 1. The summed E-state index contributed by atoms with van der Waals surface area (Å²) in [6.07, 6.45) is 0.293. The molecular weight excluding hydrogens is 454 g/mol. The number of rotatable bonds is 5. The second-order valence-electron chi connectivity index (χ2n) is 8.35. The molecule has 3 aromatic rings. The Morgan fingerprint density at radius 2 is 1.75 bits per heavy atom. The third-order valence-corrected chi connectivity index (χ3v) is 7.76. The number of aromatic nitrogens is 2. The van der Waals surface area contributed by atoms with Crippen molar-refractivity contribution in [1.82, 2.24) is 14.5 Å². The number of carbonyl (C=O) groups excluding carboxylic acids is 1. The number of halogens is 1. The Kier molecular flexibility index (Phi) is 5.72. The summed E-state index contributed by atoms with van der Waals surface area (Å²) in [6, 6.07) is 14.0. The maximum Gasteiger partial charge on any atom is 0.317 e. The molecule has 4 rings (SSSR count). The molecule has 0 radical (unpaired) electrons. The predicted molar refractivity (Wildman–Crippen MR) is 123 cm³/mol. The molecule has 0 unspecified atom stereocenters. The van der Waals surface area contributed by atoms with Gasteiger partial charge >= 0.3 is 11.1 Å². The van der Waals surface area contributed by atoms with Gasteiger partial charge in [-0.1, -0.05) is 41.9 Å². The molecule has 1 aliphatic rings. The van der Waals surface area contributed by atoms with Crippen LogP contribution in [0.3, 0.4) is 0 Å². The van der Waals surface area contributed by atoms with Crippen LogP contribution >= 0.6 is 11.6 Å². The fourth-order valence-electron chi connectivity index (χ4n) is 4.10. The van der Waals surface area contributed by atoms with Crippen LogP contribution in [0.5, 0.6) is 0 Å². The average molecular weight is 476 g/mol. The van der Waals surface area contributed by atoms with Crippen molar-refractivity contribution in [2.75, 3.05) is 11.5 Å². The van der Waals surface area contributed by atoms with Crippen LogP contribution in [0.2, 0.25) is 5.02 Å². The van der Waals surface area contributed by atoms with Gasteiger partial charge in [0.05, 0.1) is 34.6 Å². The van der Waals surface area contributed by atoms with Crippen LogP contribution in [0.25, 0.3) is 11.0 Å². The molecule has 32 heavy (non-hydrogen) atoms. The molecular formula is C22H22ClN3O5S. The summed E-state index contributed by atoms with van der Waals surface area (Å²) in [4.78, 5) is 38.7. The van der Waals surface area contributed by atoms with E-state index in [1.807, 2.05) is 30.3 Å². The summed E-state index contributed by atoms with van der Waals surface area (Å²) in [5.74, 6) is -0.711. The third kappa shape index (κ3) is 4.49. The van der Waals surface area contributed by atoms with Crippen LogP contribution in [0.1, 0.15) is 18.9 Å². The van der Waals surface area contributed by atoms with Gasteiger partial charge in [-0.05, 0) is 37.1 Å². The van der Waals surface area contributed by atoms with E-state index in [0.717, 1.165) is 10.1 Å². The molecule has 1 aromatic heterocycles. The van der Waals surface area contributed by atoms with E-state index < -0.39 is 38.9 Å². The largest absolute Gasteiger partial charge is 0.348 e. The normalized spacial score (nSPS) is 19.8. The summed E-state index contributed by atoms with van der Waals surface area (Å²) in [5, 5.41) is 3.07. The van der Waals surface area contributed by atoms with E-state index in [-0.39, 0.29) is 18.1 Å². The summed E-state index contributed by atoms with van der Waals surface area (Å²) >= 11 is 6.15. The number of benzene rings is 2. The van der Waals surface area contributed by atoms with E-state index in [1.54, 1.807) is 19.1 Å². The summed E-state index contributed by atoms with van der Waals surface area (Å²) < 4.78 is 26.1. The van der Waals surface area contributed by atoms with E-state index in [2.05, 4.69) is 5.32 Å². The van der Waals surface area contributed by atoms with Crippen LogP contribution in [0, 0.1) is 0 Å². The Morgan fingerprint density at radius 1 is 1.06 bits per heavy atom. The minimum absolute atomic E-state index is 0.00218. The smallest absolute Gasteiger partial charge is 0.317 e. The van der Waals surface area contributed by atoms with Gasteiger partial charge in [-0.25, -0.2) is 8.42 Å². The Hall–Kier alpha value is -2.91. The van der Waals surface area contributed by atoms with Crippen LogP contribution in [-0.4, -0.2) is 40.5 Å². The average Bonchev–Trinajstić information content (AvgIpc) is 3.01. The number of hydrogen-bond acceptors (Lipinski definition) is 5. The fourth-order valence-corrected chi connectivity index (χ4v) is 6.36. The first kappa shape index (κ1) is 22.3. The Bertz CT molecular complexity index is 1430. The number of hydrogen-bond donors (Lipinski definition) is 1. The lowest BCUT2D eigenvalue weighted by molar-refractivity contribution is -0.123. The number of sulfone groups is 1. The van der Waals surface area contributed by atoms with Crippen molar-refractivity contribution in [1.29, 1.82) is 0 Å². The van der Waals surface area contributed by atoms with E-state index in [9.17, 15) is 22.8 Å². The number of fused-ring (bicyclic) bond motifs is 1. The van der Waals surface area contributed by atoms with Gasteiger partial charge < -0.3 is 5.32 Å². The highest BCUT2D eigenvalue weighted by Crippen LogP contribution is 2.23. The zero-order valence-electron chi connectivity index (χ0n) is 17.4. The number of nitrogens with zero attached hydrogens (tertiary/aromatic N) is 2. The fraction of sp³-hybridized carbons (Fsp3) is 0.318. The summed E-state index contributed by atoms with van der Waals surface area (Å²) in [5.41, 5.74) is -0.866. The molecule has 0 spiro atoms. The maximum atomic E-state index is 13.0. The molecule has 1 aliphatic heterocycles. The highest BCUT2D eigenvalue weighted by molar-refractivity contribution is 7.91. The predicted octanol–water partition coefficient (Wildman–Crippen LogP) is 1.56. The quantitative estimate of drug-likeness (QED) is 0.563. The second-order valence-corrected chi connectivity index (χ2v) is 11.0. The van der Waals surface area contributed by atoms with Gasteiger partial charge in [-0.15, -0.1) is 0 Å². The van der Waals surface area contributed by atoms with Gasteiger partial charge in [-0.2, -0.15) is 0 Å². The topological polar surface area (TPSA) is 107 Å². The molecule has 168 valence electrons. The lowest BCUT2D eigenvalue weighted by Gasteiger charge is -2.24. The lowest BCUT2D eigenvalue weighted by Crippen LogP contribution is -2.50. The third-order valence-electron chi connectivity index (χ3n) is 5.62. The van der Waals surface area contributed by atoms with Crippen LogP contribution in [-0.2, 0) is 27.7 Å². The van der Waals surface area contributed by atoms with Crippen molar-refractivity contribution >= 4 is 38.4 Å². The van der Waals surface area contributed by atoms with Crippen molar-refractivity contribution in [2.45, 2.75) is 32.0 Å². The molecule has 1 N–H and O–H groups in total. The summed E-state index contributed by atoms with van der Waals surface area (Å²) in [6.45, 7) is 1.42. The van der Waals surface area contributed by atoms with E-state index in [4.69, 9.17) is 11.6 Å². The molecule has 0 aliphatic carbocycles. The zero-order chi connectivity index (χ0) is 23.1. The summed E-state index contributed by atoms with van der Waals surface area (Å²) in [7, 11) is -3.22. The highest BCUT2D eigenvalue weighted by atomic mass is 35.5. The molecule has 1 saturated heterocycles. The lowest BCUT2D eigenvalue weighted by atomic mass is 10.0. The molecule has 1 fully saturated rings. The SMILES string of the molecule is C[C@@]1(NC(=O)Cn2c(=O)c(=O)n(Cc3ccccc3)c3ccc(Cl)cc32)CCS(=O)(=O)C1. The zero-order valence-corrected chi connectivity index (χ0v) is 18.9. The van der Waals surface area contributed by atoms with Crippen LogP contribution in [0.4, 0.5) is 0 Å². The second kappa shape index (κ2) is 8.22. The molecule has 0 saturated carbocycles. The van der Waals surface area contributed by atoms with Gasteiger partial charge in [0.2, 0.25) is 5.91 Å². The van der Waals surface area contributed by atoms with E-state index in [1.165, 1.54) is 10.6 Å². The Labute approximate surface area is 189 Å². The molecule has 0 bridgehead atoms. The van der Waals surface area contributed by atoms with Crippen LogP contribution in [0.15, 0.2) is 58.1 Å². The first-order chi connectivity index (χ1) is 15.1. The Morgan fingerprint density at radius 3 is 2.41 bits per heavy atom. The number of amides is 1. The maximum absolute atomic E-state index is 13.0. The minimum Gasteiger partial charge on any atom is -0.348 e. The van der Waals surface area contributed by atoms with Crippen molar-refractivity contribution in [3.63, 3.8) is 0 Å². The van der Waals surface area contributed by atoms with Crippen molar-refractivity contribution in [2.24, 2.45) is 0 Å². The molecule has 1 amide bonds. The first-order valence-corrected chi connectivity index (χ1v) is 12.3. The standard InChI is InChI=1S/C22H22ClN3O5S/c1-22(9-10-32(30,31)14-22)24-19(27)13-26-18-11-16(23)7-8-17(18)25(20(28)21(26)29)12-15-5-3-2-4-6-15/h2-8,11H,9-10,12-14H2,1H3,(H,24,27)/t22-/m1/s1. The van der Waals surface area contributed by atoms with Crippen molar-refractivity contribution in [3.8, 4) is 0 Å². The highest BCUT2D eigenvalue weighted by Gasteiger charge is 2.39. The van der Waals surface area contributed by atoms with Gasteiger partial charge in [0.1, 0.15) is 6.54 Å². The van der Waals surface area contributed by atoms with Gasteiger partial charge in [0.25, 0.3) is 0 Å². The van der Waals surface area contributed by atoms with Gasteiger partial charge in [-0.3, -0.25) is 23.5 Å². The monoisotopic (exact) mass is 475 g/mol. The molecule has 1 atom stereocenters. The Balaban J connectivity index is 1.74. The van der Waals surface area contributed by atoms with Crippen molar-refractivity contribution in [3.05, 3.63) is 79.8 Å². The van der Waals surface area contributed by atoms with E-state index >= 15 is 0 Å². The van der Waals surface area contributed by atoms with Crippen molar-refractivity contribution < 1.29 is 13.2 Å². The van der Waals surface area contributed by atoms with E-state index in [0.29, 0.717) is 22.5 Å². The number of nitrogens with one attached hydrogen (secondary N) is 1. The molecule has 2 heterocycles. The molecule has 8 nitrogen and oxygen atoms in total. The molecule has 2 aromatic carbocycles. The van der Waals surface area contributed by atoms with Gasteiger partial charge in [0, 0.05) is 5.02 Å². The minimum atomic E-state index is -3.22. The molecule has 10 heteroatoms. The van der Waals surface area contributed by atoms with Gasteiger partial charge in [0.15, 0.2) is 9.84 Å². The van der Waals surface area contributed by atoms with Crippen LogP contribution < -0.4 is 16.4 Å².